The van der Waals surface area contributed by atoms with E-state index in [1.807, 2.05) is 26.0 Å². The molecule has 1 N–H and O–H groups in total. The number of hydrogen-bond donors (Lipinski definition) is 1. The lowest BCUT2D eigenvalue weighted by molar-refractivity contribution is 0.275. The summed E-state index contributed by atoms with van der Waals surface area (Å²) in [4.78, 5) is 12.5. The van der Waals surface area contributed by atoms with E-state index in [-0.39, 0.29) is 28.7 Å². The molecule has 2 fully saturated rings. The molecule has 0 saturated carbocycles. The Morgan fingerprint density at radius 3 is 2.48 bits per heavy atom. The van der Waals surface area contributed by atoms with E-state index in [1.165, 1.54) is 6.07 Å². The van der Waals surface area contributed by atoms with Crippen molar-refractivity contribution in [1.29, 1.82) is 0 Å². The summed E-state index contributed by atoms with van der Waals surface area (Å²) < 4.78 is 17.1. The van der Waals surface area contributed by atoms with Gasteiger partial charge in [-0.1, -0.05) is 19.9 Å². The topological polar surface area (TPSA) is 75.5 Å². The number of ether oxygens (including phenoxy) is 2. The Morgan fingerprint density at radius 2 is 1.86 bits per heavy atom. The highest BCUT2D eigenvalue weighted by atomic mass is 16.6. The Hall–Kier alpha value is -2.11. The van der Waals surface area contributed by atoms with Gasteiger partial charge in [-0.3, -0.25) is 0 Å². The van der Waals surface area contributed by atoms with E-state index in [0.717, 1.165) is 23.8 Å². The van der Waals surface area contributed by atoms with Crippen LogP contribution in [-0.2, 0) is 21.3 Å². The summed E-state index contributed by atoms with van der Waals surface area (Å²) in [5, 5.41) is 11.2. The zero-order valence-corrected chi connectivity index (χ0v) is 17.9. The molecule has 0 aliphatic carbocycles. The Morgan fingerprint density at radius 1 is 1.17 bits per heavy atom. The van der Waals surface area contributed by atoms with Crippen LogP contribution in [0.5, 0.6) is 5.75 Å². The zero-order valence-electron chi connectivity index (χ0n) is 17.9. The summed E-state index contributed by atoms with van der Waals surface area (Å²) in [6.07, 6.45) is 4.49. The van der Waals surface area contributed by atoms with E-state index < -0.39 is 5.41 Å². The molecule has 0 radical (unpaired) electrons. The average Bonchev–Trinajstić information content (AvgIpc) is 3.48. The lowest BCUT2D eigenvalue weighted by Gasteiger charge is -2.22. The number of phenols is 1. The minimum absolute atomic E-state index is 0.00548. The van der Waals surface area contributed by atoms with Crippen molar-refractivity contribution in [1.82, 2.24) is 0 Å². The summed E-state index contributed by atoms with van der Waals surface area (Å²) in [7, 11) is 0. The number of fused-ring (bicyclic) bond motifs is 1. The lowest BCUT2D eigenvalue weighted by Crippen LogP contribution is -2.17. The smallest absolute Gasteiger partial charge is 0.339 e. The zero-order chi connectivity index (χ0) is 21.2. The minimum atomic E-state index is -0.397. The first-order valence-corrected chi connectivity index (χ1v) is 10.2. The number of epoxide rings is 2. The molecule has 5 nitrogen and oxygen atoms in total. The van der Waals surface area contributed by atoms with Gasteiger partial charge in [-0.25, -0.2) is 4.79 Å². The molecule has 3 heterocycles. The Kier molecular flexibility index (Phi) is 4.48. The van der Waals surface area contributed by atoms with Gasteiger partial charge in [0.05, 0.1) is 23.4 Å². The van der Waals surface area contributed by atoms with E-state index in [1.54, 1.807) is 6.08 Å². The van der Waals surface area contributed by atoms with Gasteiger partial charge in [0.15, 0.2) is 0 Å². The van der Waals surface area contributed by atoms with Crippen LogP contribution < -0.4 is 5.63 Å². The lowest BCUT2D eigenvalue weighted by atomic mass is 9.83. The molecule has 1 aromatic heterocycles. The molecule has 156 valence electrons. The van der Waals surface area contributed by atoms with E-state index in [0.29, 0.717) is 23.7 Å². The van der Waals surface area contributed by atoms with E-state index >= 15 is 0 Å². The van der Waals surface area contributed by atoms with Crippen LogP contribution in [0.2, 0.25) is 0 Å². The van der Waals surface area contributed by atoms with Crippen molar-refractivity contribution in [2.45, 2.75) is 82.7 Å². The van der Waals surface area contributed by atoms with Crippen molar-refractivity contribution in [2.24, 2.45) is 0 Å². The first-order chi connectivity index (χ1) is 13.4. The number of hydrogen-bond acceptors (Lipinski definition) is 5. The standard InChI is InChI=1S/C24H30O5/c1-7-22(2,3)16-11-14-10-15(21(26)27-18(14)13-17(16)25)12-20-24(6,29-20)9-8-19-23(4,5)28-19/h7,10-11,13,19-20,25H,1,8-9,12H2,2-6H3. The number of allylic oxidation sites excluding steroid dienone is 1. The van der Waals surface area contributed by atoms with Crippen molar-refractivity contribution in [2.75, 3.05) is 0 Å². The van der Waals surface area contributed by atoms with Crippen LogP contribution in [0.25, 0.3) is 11.0 Å². The van der Waals surface area contributed by atoms with Gasteiger partial charge in [0.25, 0.3) is 0 Å². The van der Waals surface area contributed by atoms with E-state index in [9.17, 15) is 9.90 Å². The molecular weight excluding hydrogens is 368 g/mol. The van der Waals surface area contributed by atoms with Crippen molar-refractivity contribution >= 4 is 11.0 Å². The SMILES string of the molecule is C=CC(C)(C)c1cc2cc(CC3OC3(C)CCC3OC3(C)C)c(=O)oc2cc1O. The van der Waals surface area contributed by atoms with Crippen LogP contribution in [0.15, 0.2) is 40.1 Å². The molecule has 0 spiro atoms. The van der Waals surface area contributed by atoms with Crippen molar-refractivity contribution in [3.05, 3.63) is 52.4 Å². The minimum Gasteiger partial charge on any atom is -0.507 e. The fourth-order valence-electron chi connectivity index (χ4n) is 4.09. The molecule has 3 unspecified atom stereocenters. The molecule has 2 aromatic rings. The van der Waals surface area contributed by atoms with Crippen LogP contribution in [0.1, 0.15) is 58.6 Å². The number of aromatic hydroxyl groups is 1. The molecule has 3 atom stereocenters. The second kappa shape index (κ2) is 6.44. The number of benzene rings is 1. The van der Waals surface area contributed by atoms with Gasteiger partial charge < -0.3 is 19.0 Å². The van der Waals surface area contributed by atoms with Crippen LogP contribution in [-0.4, -0.2) is 28.5 Å². The van der Waals surface area contributed by atoms with Gasteiger partial charge in [0.2, 0.25) is 0 Å². The maximum Gasteiger partial charge on any atom is 0.339 e. The molecule has 4 rings (SSSR count). The van der Waals surface area contributed by atoms with Crippen LogP contribution in [0, 0.1) is 0 Å². The van der Waals surface area contributed by atoms with Gasteiger partial charge in [0, 0.05) is 34.4 Å². The van der Waals surface area contributed by atoms with Gasteiger partial charge in [0.1, 0.15) is 11.3 Å². The predicted octanol–water partition coefficient (Wildman–Crippen LogP) is 4.62. The molecule has 2 aliphatic rings. The Balaban J connectivity index is 1.54. The third kappa shape index (κ3) is 3.74. The molecule has 1 aromatic carbocycles. The monoisotopic (exact) mass is 398 g/mol. The highest BCUT2D eigenvalue weighted by Crippen LogP contribution is 2.46. The maximum absolute atomic E-state index is 12.5. The molecule has 5 heteroatoms. The van der Waals surface area contributed by atoms with Crippen molar-refractivity contribution < 1.29 is 19.0 Å². The molecule has 2 saturated heterocycles. The summed E-state index contributed by atoms with van der Waals surface area (Å²) in [5.41, 5.74) is 0.730. The molecule has 0 bridgehead atoms. The summed E-state index contributed by atoms with van der Waals surface area (Å²) in [6.45, 7) is 14.1. The van der Waals surface area contributed by atoms with Crippen LogP contribution in [0.4, 0.5) is 0 Å². The number of rotatable bonds is 7. The van der Waals surface area contributed by atoms with Crippen LogP contribution >= 0.6 is 0 Å². The molecule has 29 heavy (non-hydrogen) atoms. The normalized spacial score (nSPS) is 27.8. The highest BCUT2D eigenvalue weighted by Gasteiger charge is 2.55. The fourth-order valence-corrected chi connectivity index (χ4v) is 4.09. The predicted molar refractivity (Wildman–Crippen MR) is 113 cm³/mol. The second-order valence-corrected chi connectivity index (χ2v) is 9.76. The van der Waals surface area contributed by atoms with E-state index in [2.05, 4.69) is 27.4 Å². The third-order valence-electron chi connectivity index (χ3n) is 6.63. The van der Waals surface area contributed by atoms with Crippen molar-refractivity contribution in [3.63, 3.8) is 0 Å². The molecule has 0 amide bonds. The third-order valence-corrected chi connectivity index (χ3v) is 6.63. The molecule has 2 aliphatic heterocycles. The summed E-state index contributed by atoms with van der Waals surface area (Å²) in [6, 6.07) is 5.24. The first kappa shape index (κ1) is 20.2. The average molecular weight is 398 g/mol. The van der Waals surface area contributed by atoms with Crippen molar-refractivity contribution in [3.8, 4) is 5.75 Å². The Labute approximate surface area is 171 Å². The first-order valence-electron chi connectivity index (χ1n) is 10.2. The number of phenolic OH excluding ortho intramolecular Hbond substituents is 1. The maximum atomic E-state index is 12.5. The Bertz CT molecular complexity index is 1030. The highest BCUT2D eigenvalue weighted by molar-refractivity contribution is 5.80. The van der Waals surface area contributed by atoms with Crippen LogP contribution in [0.3, 0.4) is 0 Å². The van der Waals surface area contributed by atoms with Gasteiger partial charge in [-0.2, -0.15) is 0 Å². The van der Waals surface area contributed by atoms with Gasteiger partial charge in [-0.05, 0) is 45.7 Å². The van der Waals surface area contributed by atoms with Gasteiger partial charge >= 0.3 is 5.63 Å². The van der Waals surface area contributed by atoms with E-state index in [4.69, 9.17) is 13.9 Å². The largest absolute Gasteiger partial charge is 0.507 e. The second-order valence-electron chi connectivity index (χ2n) is 9.76. The summed E-state index contributed by atoms with van der Waals surface area (Å²) >= 11 is 0. The fraction of sp³-hybridized carbons (Fsp3) is 0.542. The summed E-state index contributed by atoms with van der Waals surface area (Å²) in [5.74, 6) is 0.0987. The molecular formula is C24H30O5. The van der Waals surface area contributed by atoms with Gasteiger partial charge in [-0.15, -0.1) is 6.58 Å². The quantitative estimate of drug-likeness (QED) is 0.418.